The molecule has 11 heteroatoms. The summed E-state index contributed by atoms with van der Waals surface area (Å²) in [6.45, 7) is -2.19. The number of alkyl halides is 2. The molecule has 1 atom stereocenters. The van der Waals surface area contributed by atoms with E-state index in [9.17, 15) is 13.6 Å². The predicted octanol–water partition coefficient (Wildman–Crippen LogP) is 1.99. The van der Waals surface area contributed by atoms with Gasteiger partial charge in [0.25, 0.3) is 0 Å². The first kappa shape index (κ1) is 16.6. The van der Waals surface area contributed by atoms with E-state index in [2.05, 4.69) is 25.7 Å². The minimum Gasteiger partial charge on any atom is -0.447 e. The second-order valence-corrected chi connectivity index (χ2v) is 6.58. The third kappa shape index (κ3) is 3.29. The zero-order valence-electron chi connectivity index (χ0n) is 13.4. The Hall–Kier alpha value is -2.82. The maximum Gasteiger partial charge on any atom is 0.407 e. The van der Waals surface area contributed by atoms with Crippen LogP contribution in [0.2, 0.25) is 0 Å². The number of amides is 1. The minimum absolute atomic E-state index is 0.215. The molecule has 26 heavy (non-hydrogen) atoms. The molecular formula is C15H14F2N6O2S. The molecule has 0 radical (unpaired) electrons. The molecule has 2 aliphatic heterocycles. The largest absolute Gasteiger partial charge is 0.447 e. The molecule has 136 valence electrons. The van der Waals surface area contributed by atoms with Crippen LogP contribution in [0.4, 0.5) is 13.6 Å². The van der Waals surface area contributed by atoms with E-state index in [1.54, 1.807) is 6.20 Å². The molecule has 0 spiro atoms. The highest BCUT2D eigenvalue weighted by Gasteiger charge is 2.28. The van der Waals surface area contributed by atoms with Crippen LogP contribution in [0.25, 0.3) is 5.57 Å². The van der Waals surface area contributed by atoms with Crippen molar-refractivity contribution < 1.29 is 18.3 Å². The monoisotopic (exact) mass is 380 g/mol. The number of amidine groups is 1. The third-order valence-corrected chi connectivity index (χ3v) is 4.75. The average Bonchev–Trinajstić information content (AvgIpc) is 3.36. The highest BCUT2D eigenvalue weighted by Crippen LogP contribution is 2.25. The predicted molar refractivity (Wildman–Crippen MR) is 89.9 cm³/mol. The number of alkyl carbamates (subject to hydrolysis) is 1. The summed E-state index contributed by atoms with van der Waals surface area (Å²) in [5.74, 6) is 0.609. The van der Waals surface area contributed by atoms with Crippen molar-refractivity contribution in [3.8, 4) is 0 Å². The number of ether oxygens (including phenoxy) is 1. The van der Waals surface area contributed by atoms with E-state index in [0.29, 0.717) is 28.2 Å². The molecule has 0 saturated carbocycles. The molecule has 2 aromatic rings. The van der Waals surface area contributed by atoms with Crippen molar-refractivity contribution >= 4 is 28.8 Å². The molecule has 0 bridgehead atoms. The second-order valence-electron chi connectivity index (χ2n) is 5.69. The lowest BCUT2D eigenvalue weighted by atomic mass is 10.0. The Morgan fingerprint density at radius 2 is 2.35 bits per heavy atom. The fraction of sp³-hybridized carbons (Fsp3) is 0.333. The fourth-order valence-electron chi connectivity index (χ4n) is 2.77. The number of aromatic nitrogens is 3. The molecule has 2 aromatic heterocycles. The van der Waals surface area contributed by atoms with E-state index in [1.807, 2.05) is 5.38 Å². The van der Waals surface area contributed by atoms with Crippen LogP contribution in [0, 0.1) is 0 Å². The Kier molecular flexibility index (Phi) is 4.37. The van der Waals surface area contributed by atoms with Crippen LogP contribution < -0.4 is 10.6 Å². The summed E-state index contributed by atoms with van der Waals surface area (Å²) >= 11 is 1.44. The number of nitrogens with one attached hydrogen (secondary N) is 2. The van der Waals surface area contributed by atoms with Crippen molar-refractivity contribution in [1.82, 2.24) is 25.4 Å². The van der Waals surface area contributed by atoms with Gasteiger partial charge in [0.15, 0.2) is 10.8 Å². The Labute approximate surface area is 150 Å². The first-order chi connectivity index (χ1) is 12.6. The van der Waals surface area contributed by atoms with Crippen LogP contribution in [0.1, 0.15) is 23.7 Å². The van der Waals surface area contributed by atoms with Crippen LogP contribution in [0.15, 0.2) is 34.5 Å². The number of halogens is 2. The van der Waals surface area contributed by atoms with Gasteiger partial charge in [-0.15, -0.1) is 11.3 Å². The van der Waals surface area contributed by atoms with Crippen molar-refractivity contribution in [3.05, 3.63) is 40.2 Å². The third-order valence-electron chi connectivity index (χ3n) is 3.97. The average molecular weight is 380 g/mol. The lowest BCUT2D eigenvalue weighted by Gasteiger charge is -2.22. The molecule has 4 rings (SSSR count). The molecule has 0 aliphatic carbocycles. The van der Waals surface area contributed by atoms with E-state index in [0.717, 1.165) is 10.7 Å². The zero-order valence-corrected chi connectivity index (χ0v) is 14.2. The zero-order chi connectivity index (χ0) is 18.1. The molecule has 8 nitrogen and oxygen atoms in total. The first-order valence-corrected chi connectivity index (χ1v) is 8.68. The second kappa shape index (κ2) is 6.83. The van der Waals surface area contributed by atoms with Crippen molar-refractivity contribution in [2.45, 2.75) is 19.0 Å². The van der Waals surface area contributed by atoms with Gasteiger partial charge in [0.05, 0.1) is 18.3 Å². The highest BCUT2D eigenvalue weighted by atomic mass is 32.1. The number of hydrogen-bond donors (Lipinski definition) is 2. The first-order valence-electron chi connectivity index (χ1n) is 7.80. The van der Waals surface area contributed by atoms with Gasteiger partial charge < -0.3 is 15.4 Å². The number of rotatable bonds is 5. The topological polar surface area (TPSA) is 93.4 Å². The SMILES string of the molecule is O=C1NC(CC2=C(c3ccn(C(F)F)n3)CN=C(c3nccs3)N2)CO1. The van der Waals surface area contributed by atoms with Gasteiger partial charge in [-0.25, -0.2) is 14.5 Å². The summed E-state index contributed by atoms with van der Waals surface area (Å²) in [7, 11) is 0. The number of carbonyl (C=O) groups is 1. The molecule has 1 saturated heterocycles. The molecule has 2 N–H and O–H groups in total. The Balaban J connectivity index is 1.63. The summed E-state index contributed by atoms with van der Waals surface area (Å²) in [6.07, 6.45) is 2.88. The van der Waals surface area contributed by atoms with E-state index in [-0.39, 0.29) is 19.2 Å². The maximum atomic E-state index is 12.8. The molecule has 1 fully saturated rings. The van der Waals surface area contributed by atoms with Crippen molar-refractivity contribution in [2.24, 2.45) is 4.99 Å². The summed E-state index contributed by atoms with van der Waals surface area (Å²) in [5, 5.41) is 12.4. The number of cyclic esters (lactones) is 1. The lowest BCUT2D eigenvalue weighted by Crippen LogP contribution is -2.34. The van der Waals surface area contributed by atoms with Gasteiger partial charge in [-0.3, -0.25) is 4.99 Å². The normalized spacial score (nSPS) is 20.0. The van der Waals surface area contributed by atoms with E-state index in [1.165, 1.54) is 23.6 Å². The number of hydrogen-bond acceptors (Lipinski definition) is 7. The van der Waals surface area contributed by atoms with Gasteiger partial charge in [0, 0.05) is 35.5 Å². The number of carbonyl (C=O) groups excluding carboxylic acids is 1. The Morgan fingerprint density at radius 3 is 3.00 bits per heavy atom. The number of thiazole rings is 1. The van der Waals surface area contributed by atoms with Gasteiger partial charge in [-0.05, 0) is 6.07 Å². The highest BCUT2D eigenvalue weighted by molar-refractivity contribution is 7.11. The summed E-state index contributed by atoms with van der Waals surface area (Å²) in [5.41, 5.74) is 1.87. The number of nitrogens with zero attached hydrogens (tertiary/aromatic N) is 4. The summed E-state index contributed by atoms with van der Waals surface area (Å²) in [4.78, 5) is 20.0. The number of aliphatic imine (C=N–C) groups is 1. The lowest BCUT2D eigenvalue weighted by molar-refractivity contribution is 0.0565. The van der Waals surface area contributed by atoms with Gasteiger partial charge in [-0.2, -0.15) is 13.9 Å². The minimum atomic E-state index is -2.71. The molecule has 4 heterocycles. The van der Waals surface area contributed by atoms with Crippen molar-refractivity contribution in [3.63, 3.8) is 0 Å². The quantitative estimate of drug-likeness (QED) is 0.828. The smallest absolute Gasteiger partial charge is 0.407 e. The Bertz CT molecular complexity index is 877. The molecule has 0 aromatic carbocycles. The Morgan fingerprint density at radius 1 is 1.46 bits per heavy atom. The van der Waals surface area contributed by atoms with Crippen LogP contribution in [0.3, 0.4) is 0 Å². The van der Waals surface area contributed by atoms with E-state index >= 15 is 0 Å². The molecule has 1 unspecified atom stereocenters. The van der Waals surface area contributed by atoms with Crippen molar-refractivity contribution in [1.29, 1.82) is 0 Å². The molecule has 1 amide bonds. The fourth-order valence-corrected chi connectivity index (χ4v) is 3.37. The standard InChI is InChI=1S/C15H14F2N6O2S/c16-14(17)23-3-1-10(22-23)9-6-19-12(13-18-2-4-26-13)21-11(9)5-8-7-25-15(24)20-8/h1-4,8,14H,5-7H2,(H,19,21)(H,20,24). The summed E-state index contributed by atoms with van der Waals surface area (Å²) < 4.78 is 31.2. The van der Waals surface area contributed by atoms with Gasteiger partial charge in [0.2, 0.25) is 0 Å². The van der Waals surface area contributed by atoms with E-state index in [4.69, 9.17) is 4.74 Å². The van der Waals surface area contributed by atoms with Crippen LogP contribution in [-0.2, 0) is 4.74 Å². The summed E-state index contributed by atoms with van der Waals surface area (Å²) in [6, 6.07) is 1.31. The molecule has 2 aliphatic rings. The van der Waals surface area contributed by atoms with Gasteiger partial charge in [-0.1, -0.05) is 0 Å². The van der Waals surface area contributed by atoms with Crippen LogP contribution in [0.5, 0.6) is 0 Å². The van der Waals surface area contributed by atoms with Crippen LogP contribution in [-0.4, -0.2) is 45.9 Å². The van der Waals surface area contributed by atoms with E-state index < -0.39 is 12.6 Å². The van der Waals surface area contributed by atoms with Crippen molar-refractivity contribution in [2.75, 3.05) is 13.2 Å². The van der Waals surface area contributed by atoms with Gasteiger partial charge in [0.1, 0.15) is 6.61 Å². The maximum absolute atomic E-state index is 12.8. The van der Waals surface area contributed by atoms with Crippen LogP contribution >= 0.6 is 11.3 Å². The van der Waals surface area contributed by atoms with Gasteiger partial charge >= 0.3 is 12.6 Å². The molecular weight excluding hydrogens is 366 g/mol.